The van der Waals surface area contributed by atoms with Gasteiger partial charge in [0.25, 0.3) is 0 Å². The Bertz CT molecular complexity index is 882. The maximum Gasteiger partial charge on any atom is 0.418 e. The fourth-order valence-corrected chi connectivity index (χ4v) is 3.22. The van der Waals surface area contributed by atoms with E-state index < -0.39 is 11.7 Å². The van der Waals surface area contributed by atoms with Gasteiger partial charge in [0.1, 0.15) is 5.75 Å². The molecular formula is C20H21F3N2O. The van der Waals surface area contributed by atoms with Crippen molar-refractivity contribution < 1.29 is 17.9 Å². The van der Waals surface area contributed by atoms with Crippen molar-refractivity contribution in [1.82, 2.24) is 4.98 Å². The Hall–Kier alpha value is -2.47. The molecular weight excluding hydrogens is 341 g/mol. The molecule has 0 spiro atoms. The zero-order valence-electron chi connectivity index (χ0n) is 14.5. The molecule has 0 unspecified atom stereocenters. The Morgan fingerprint density at radius 1 is 1.04 bits per heavy atom. The van der Waals surface area contributed by atoms with Crippen molar-refractivity contribution in [2.75, 3.05) is 13.7 Å². The van der Waals surface area contributed by atoms with Gasteiger partial charge in [-0.05, 0) is 67.3 Å². The number of ether oxygens (including phenoxy) is 1. The van der Waals surface area contributed by atoms with Crippen molar-refractivity contribution in [1.29, 1.82) is 0 Å². The van der Waals surface area contributed by atoms with Crippen LogP contribution in [-0.2, 0) is 12.6 Å². The molecule has 0 bridgehead atoms. The number of rotatable bonds is 6. The quantitative estimate of drug-likeness (QED) is 0.596. The fourth-order valence-electron chi connectivity index (χ4n) is 3.22. The van der Waals surface area contributed by atoms with Crippen molar-refractivity contribution >= 4 is 10.9 Å². The number of H-pyrrole nitrogens is 1. The van der Waals surface area contributed by atoms with Crippen molar-refractivity contribution in [2.24, 2.45) is 5.73 Å². The first-order valence-corrected chi connectivity index (χ1v) is 8.51. The van der Waals surface area contributed by atoms with Crippen molar-refractivity contribution in [3.63, 3.8) is 0 Å². The number of hydrogen-bond acceptors (Lipinski definition) is 2. The van der Waals surface area contributed by atoms with Gasteiger partial charge in [-0.25, -0.2) is 0 Å². The number of aryl methyl sites for hydroxylation is 1. The summed E-state index contributed by atoms with van der Waals surface area (Å²) in [4.78, 5) is 3.03. The Kier molecular flexibility index (Phi) is 5.23. The first kappa shape index (κ1) is 18.3. The van der Waals surface area contributed by atoms with Crippen LogP contribution in [-0.4, -0.2) is 18.6 Å². The van der Waals surface area contributed by atoms with Crippen molar-refractivity contribution in [3.8, 4) is 17.0 Å². The molecule has 0 amide bonds. The zero-order valence-corrected chi connectivity index (χ0v) is 14.5. The number of halogens is 3. The number of para-hydroxylation sites is 1. The molecule has 3 aromatic rings. The van der Waals surface area contributed by atoms with Crippen LogP contribution in [0.4, 0.5) is 13.2 Å². The smallest absolute Gasteiger partial charge is 0.418 e. The average Bonchev–Trinajstić information content (AvgIpc) is 3.00. The lowest BCUT2D eigenvalue weighted by atomic mass is 9.99. The highest BCUT2D eigenvalue weighted by Gasteiger charge is 2.33. The predicted molar refractivity (Wildman–Crippen MR) is 97.3 cm³/mol. The molecule has 3 rings (SSSR count). The molecule has 0 radical (unpaired) electrons. The highest BCUT2D eigenvalue weighted by molar-refractivity contribution is 5.93. The van der Waals surface area contributed by atoms with Gasteiger partial charge in [-0.3, -0.25) is 0 Å². The van der Waals surface area contributed by atoms with Gasteiger partial charge in [0.2, 0.25) is 0 Å². The van der Waals surface area contributed by atoms with Crippen LogP contribution in [0.5, 0.6) is 5.75 Å². The molecule has 0 atom stereocenters. The lowest BCUT2D eigenvalue weighted by molar-refractivity contribution is -0.136. The lowest BCUT2D eigenvalue weighted by Gasteiger charge is -2.07. The molecule has 138 valence electrons. The van der Waals surface area contributed by atoms with Gasteiger partial charge in [0.05, 0.1) is 18.2 Å². The molecule has 0 saturated heterocycles. The van der Waals surface area contributed by atoms with Crippen LogP contribution in [0.25, 0.3) is 22.2 Å². The van der Waals surface area contributed by atoms with Crippen LogP contribution in [0.15, 0.2) is 42.5 Å². The molecule has 1 aromatic heterocycles. The second-order valence-electron chi connectivity index (χ2n) is 6.18. The van der Waals surface area contributed by atoms with Crippen LogP contribution in [0.1, 0.15) is 24.0 Å². The molecule has 0 saturated carbocycles. The van der Waals surface area contributed by atoms with E-state index >= 15 is 0 Å². The number of nitrogens with one attached hydrogen (secondary N) is 1. The Balaban J connectivity index is 2.17. The van der Waals surface area contributed by atoms with Gasteiger partial charge in [-0.15, -0.1) is 0 Å². The minimum absolute atomic E-state index is 0.133. The van der Waals surface area contributed by atoms with Crippen LogP contribution < -0.4 is 10.5 Å². The first-order valence-electron chi connectivity index (χ1n) is 8.51. The highest BCUT2D eigenvalue weighted by Crippen LogP contribution is 2.39. The van der Waals surface area contributed by atoms with Crippen LogP contribution in [0, 0.1) is 0 Å². The van der Waals surface area contributed by atoms with Gasteiger partial charge in [0, 0.05) is 11.1 Å². The summed E-state index contributed by atoms with van der Waals surface area (Å²) >= 11 is 0. The third-order valence-electron chi connectivity index (χ3n) is 4.51. The van der Waals surface area contributed by atoms with Gasteiger partial charge in [-0.1, -0.05) is 12.1 Å². The number of benzene rings is 2. The molecule has 3 N–H and O–H groups in total. The summed E-state index contributed by atoms with van der Waals surface area (Å²) < 4.78 is 45.4. The summed E-state index contributed by atoms with van der Waals surface area (Å²) in [5.41, 5.74) is 7.51. The molecule has 0 aliphatic rings. The second-order valence-corrected chi connectivity index (χ2v) is 6.18. The molecule has 0 fully saturated rings. The molecule has 6 heteroatoms. The van der Waals surface area contributed by atoms with E-state index in [1.54, 1.807) is 25.3 Å². The second kappa shape index (κ2) is 7.41. The van der Waals surface area contributed by atoms with Gasteiger partial charge in [-0.2, -0.15) is 13.2 Å². The van der Waals surface area contributed by atoms with Crippen LogP contribution in [0.3, 0.4) is 0 Å². The summed E-state index contributed by atoms with van der Waals surface area (Å²) in [5.74, 6) is 0.700. The Labute approximate surface area is 150 Å². The summed E-state index contributed by atoms with van der Waals surface area (Å²) in [7, 11) is 1.58. The number of fused-ring (bicyclic) bond motifs is 1. The monoisotopic (exact) mass is 362 g/mol. The van der Waals surface area contributed by atoms with E-state index in [9.17, 15) is 13.2 Å². The SMILES string of the molecule is COc1ccc(-c2[nH]c3c(C(F)(F)F)cccc3c2CCCCN)cc1. The van der Waals surface area contributed by atoms with Gasteiger partial charge < -0.3 is 15.5 Å². The van der Waals surface area contributed by atoms with E-state index in [0.29, 0.717) is 24.1 Å². The first-order chi connectivity index (χ1) is 12.5. The topological polar surface area (TPSA) is 51.0 Å². The number of alkyl halides is 3. The van der Waals surface area contributed by atoms with Crippen LogP contribution in [0.2, 0.25) is 0 Å². The Morgan fingerprint density at radius 2 is 1.77 bits per heavy atom. The van der Waals surface area contributed by atoms with E-state index in [4.69, 9.17) is 10.5 Å². The van der Waals surface area contributed by atoms with Crippen LogP contribution >= 0.6 is 0 Å². The minimum Gasteiger partial charge on any atom is -0.497 e. The van der Waals surface area contributed by atoms with E-state index in [-0.39, 0.29) is 5.52 Å². The summed E-state index contributed by atoms with van der Waals surface area (Å²) in [6.07, 6.45) is -2.09. The van der Waals surface area contributed by atoms with Crippen molar-refractivity contribution in [2.45, 2.75) is 25.4 Å². The number of hydrogen-bond donors (Lipinski definition) is 2. The average molecular weight is 362 g/mol. The Morgan fingerprint density at radius 3 is 2.38 bits per heavy atom. The maximum atomic E-state index is 13.4. The van der Waals surface area contributed by atoms with Gasteiger partial charge in [0.15, 0.2) is 0 Å². The molecule has 0 aliphatic heterocycles. The van der Waals surface area contributed by atoms with Crippen molar-refractivity contribution in [3.05, 3.63) is 53.6 Å². The summed E-state index contributed by atoms with van der Waals surface area (Å²) in [5, 5.41) is 0.614. The van der Waals surface area contributed by atoms with E-state index in [0.717, 1.165) is 35.7 Å². The molecule has 26 heavy (non-hydrogen) atoms. The fraction of sp³-hybridized carbons (Fsp3) is 0.300. The number of aromatic amines is 1. The minimum atomic E-state index is -4.41. The molecule has 2 aromatic carbocycles. The number of aromatic nitrogens is 1. The standard InChI is InChI=1S/C20H21F3N2O/c1-26-14-10-8-13(9-11-14)18-15(5-2-3-12-24)16-6-4-7-17(19(16)25-18)20(21,22)23/h4,6-11,25H,2-3,5,12,24H2,1H3. The summed E-state index contributed by atoms with van der Waals surface area (Å²) in [6.45, 7) is 0.564. The normalized spacial score (nSPS) is 11.9. The lowest BCUT2D eigenvalue weighted by Crippen LogP contribution is -2.05. The number of unbranched alkanes of at least 4 members (excludes halogenated alkanes) is 1. The maximum absolute atomic E-state index is 13.4. The highest BCUT2D eigenvalue weighted by atomic mass is 19.4. The number of methoxy groups -OCH3 is 1. The van der Waals surface area contributed by atoms with E-state index in [1.807, 2.05) is 12.1 Å². The van der Waals surface area contributed by atoms with Gasteiger partial charge >= 0.3 is 6.18 Å². The number of nitrogens with two attached hydrogens (primary N) is 1. The zero-order chi connectivity index (χ0) is 18.7. The third kappa shape index (κ3) is 3.55. The van der Waals surface area contributed by atoms with E-state index in [1.165, 1.54) is 6.07 Å². The molecule has 0 aliphatic carbocycles. The molecule has 3 nitrogen and oxygen atoms in total. The predicted octanol–water partition coefficient (Wildman–Crippen LogP) is 5.14. The molecule has 1 heterocycles. The largest absolute Gasteiger partial charge is 0.497 e. The third-order valence-corrected chi connectivity index (χ3v) is 4.51. The summed E-state index contributed by atoms with van der Waals surface area (Å²) in [6, 6.07) is 11.6. The van der Waals surface area contributed by atoms with E-state index in [2.05, 4.69) is 4.98 Å².